The molecule has 0 bridgehead atoms. The van der Waals surface area contributed by atoms with Crippen molar-refractivity contribution in [2.75, 3.05) is 18.1 Å². The third kappa shape index (κ3) is 2.27. The quantitative estimate of drug-likeness (QED) is 0.646. The molecule has 0 saturated carbocycles. The van der Waals surface area contributed by atoms with Crippen molar-refractivity contribution in [1.29, 1.82) is 0 Å². The molecule has 7 nitrogen and oxygen atoms in total. The van der Waals surface area contributed by atoms with E-state index in [-0.39, 0.29) is 22.9 Å². The van der Waals surface area contributed by atoms with Crippen LogP contribution < -0.4 is 11.1 Å². The zero-order valence-electron chi connectivity index (χ0n) is 10.9. The van der Waals surface area contributed by atoms with Crippen LogP contribution in [0.5, 0.6) is 0 Å². The van der Waals surface area contributed by atoms with E-state index in [1.54, 1.807) is 18.2 Å². The summed E-state index contributed by atoms with van der Waals surface area (Å²) < 4.78 is 0. The molecule has 0 radical (unpaired) electrons. The minimum absolute atomic E-state index is 0.0390. The molecule has 106 valence electrons. The molecule has 8 heteroatoms. The van der Waals surface area contributed by atoms with Crippen molar-refractivity contribution in [2.45, 2.75) is 0 Å². The second kappa shape index (κ2) is 4.71. The van der Waals surface area contributed by atoms with Gasteiger partial charge in [0, 0.05) is 18.8 Å². The Labute approximate surface area is 124 Å². The van der Waals surface area contributed by atoms with E-state index in [1.165, 1.54) is 13.1 Å². The summed E-state index contributed by atoms with van der Waals surface area (Å²) in [6.07, 6.45) is 0. The average molecular weight is 304 g/mol. The largest absolute Gasteiger partial charge is 0.368 e. The minimum atomic E-state index is -0.334. The molecular formula is C13H10ClN5O2. The standard InChI is InChI=1S/C13H10ClN5O2/c1-19-11(20)7-3-2-6(4-8(7)12(19)21)16-10-5-9(14)17-13(15)18-10/h2-5H,1H3,(H3,15,16,17,18). The number of imide groups is 1. The first-order valence-corrected chi connectivity index (χ1v) is 6.37. The van der Waals surface area contributed by atoms with Gasteiger partial charge in [0.25, 0.3) is 11.8 Å². The van der Waals surface area contributed by atoms with Gasteiger partial charge in [-0.1, -0.05) is 11.6 Å². The number of hydrogen-bond donors (Lipinski definition) is 2. The Morgan fingerprint density at radius 2 is 1.86 bits per heavy atom. The lowest BCUT2D eigenvalue weighted by Crippen LogP contribution is -2.24. The Morgan fingerprint density at radius 3 is 2.57 bits per heavy atom. The van der Waals surface area contributed by atoms with E-state index in [9.17, 15) is 9.59 Å². The zero-order chi connectivity index (χ0) is 15.1. The number of nitrogens with one attached hydrogen (secondary N) is 1. The van der Waals surface area contributed by atoms with E-state index in [0.717, 1.165) is 4.90 Å². The van der Waals surface area contributed by atoms with E-state index in [2.05, 4.69) is 15.3 Å². The number of rotatable bonds is 2. The number of fused-ring (bicyclic) bond motifs is 1. The summed E-state index contributed by atoms with van der Waals surface area (Å²) in [7, 11) is 1.45. The Morgan fingerprint density at radius 1 is 1.14 bits per heavy atom. The van der Waals surface area contributed by atoms with Gasteiger partial charge < -0.3 is 11.1 Å². The van der Waals surface area contributed by atoms with Crippen LogP contribution in [-0.4, -0.2) is 33.7 Å². The zero-order valence-corrected chi connectivity index (χ0v) is 11.7. The van der Waals surface area contributed by atoms with Crippen LogP contribution in [0.2, 0.25) is 5.15 Å². The molecule has 0 fully saturated rings. The highest BCUT2D eigenvalue weighted by Crippen LogP contribution is 2.26. The second-order valence-corrected chi connectivity index (χ2v) is 4.88. The van der Waals surface area contributed by atoms with E-state index in [0.29, 0.717) is 22.6 Å². The van der Waals surface area contributed by atoms with Gasteiger partial charge in [-0.2, -0.15) is 4.98 Å². The van der Waals surface area contributed by atoms with Crippen LogP contribution in [0, 0.1) is 0 Å². The number of carbonyl (C=O) groups excluding carboxylic acids is 2. The lowest BCUT2D eigenvalue weighted by Gasteiger charge is -2.07. The summed E-state index contributed by atoms with van der Waals surface area (Å²) in [5, 5.41) is 3.17. The molecule has 0 unspecified atom stereocenters. The highest BCUT2D eigenvalue weighted by molar-refractivity contribution is 6.29. The smallest absolute Gasteiger partial charge is 0.261 e. The van der Waals surface area contributed by atoms with Crippen molar-refractivity contribution in [3.63, 3.8) is 0 Å². The summed E-state index contributed by atoms with van der Waals surface area (Å²) in [5.74, 6) is -0.204. The maximum atomic E-state index is 11.9. The fourth-order valence-electron chi connectivity index (χ4n) is 2.09. The van der Waals surface area contributed by atoms with Gasteiger partial charge in [-0.15, -0.1) is 0 Å². The van der Waals surface area contributed by atoms with Crippen LogP contribution >= 0.6 is 11.6 Å². The maximum absolute atomic E-state index is 11.9. The van der Waals surface area contributed by atoms with Crippen LogP contribution in [0.25, 0.3) is 0 Å². The fourth-order valence-corrected chi connectivity index (χ4v) is 2.28. The van der Waals surface area contributed by atoms with Crippen molar-refractivity contribution in [3.8, 4) is 0 Å². The molecule has 0 spiro atoms. The summed E-state index contributed by atoms with van der Waals surface area (Å²) in [6.45, 7) is 0. The molecule has 0 aliphatic carbocycles. The lowest BCUT2D eigenvalue weighted by molar-refractivity contribution is 0.0693. The summed E-state index contributed by atoms with van der Waals surface area (Å²) in [5.41, 5.74) is 6.84. The predicted octanol–water partition coefficient (Wildman–Crippen LogP) is 1.68. The first kappa shape index (κ1) is 13.3. The molecule has 2 amide bonds. The molecule has 3 rings (SSSR count). The molecule has 1 aromatic carbocycles. The topological polar surface area (TPSA) is 101 Å². The Bertz CT molecular complexity index is 757. The van der Waals surface area contributed by atoms with Gasteiger partial charge in [0.05, 0.1) is 11.1 Å². The summed E-state index contributed by atoms with van der Waals surface area (Å²) >= 11 is 5.79. The average Bonchev–Trinajstić information content (AvgIpc) is 2.63. The number of benzene rings is 1. The number of anilines is 3. The molecule has 1 aliphatic heterocycles. The molecule has 1 aliphatic rings. The molecule has 2 heterocycles. The summed E-state index contributed by atoms with van der Waals surface area (Å²) in [4.78, 5) is 32.5. The lowest BCUT2D eigenvalue weighted by atomic mass is 10.1. The van der Waals surface area contributed by atoms with Gasteiger partial charge in [-0.3, -0.25) is 14.5 Å². The number of aromatic nitrogens is 2. The normalized spacial score (nSPS) is 13.5. The number of hydrogen-bond acceptors (Lipinski definition) is 6. The maximum Gasteiger partial charge on any atom is 0.261 e. The number of nitrogen functional groups attached to an aromatic ring is 1. The molecule has 2 aromatic rings. The fraction of sp³-hybridized carbons (Fsp3) is 0.0769. The van der Waals surface area contributed by atoms with Crippen molar-refractivity contribution in [1.82, 2.24) is 14.9 Å². The molecule has 0 atom stereocenters. The van der Waals surface area contributed by atoms with Crippen LogP contribution in [0.15, 0.2) is 24.3 Å². The van der Waals surface area contributed by atoms with Gasteiger partial charge in [0.1, 0.15) is 11.0 Å². The molecule has 0 saturated heterocycles. The minimum Gasteiger partial charge on any atom is -0.368 e. The second-order valence-electron chi connectivity index (χ2n) is 4.49. The van der Waals surface area contributed by atoms with Crippen molar-refractivity contribution >= 4 is 40.9 Å². The molecule has 3 N–H and O–H groups in total. The van der Waals surface area contributed by atoms with Crippen LogP contribution in [0.3, 0.4) is 0 Å². The van der Waals surface area contributed by atoms with E-state index in [1.807, 2.05) is 0 Å². The number of carbonyl (C=O) groups is 2. The summed E-state index contributed by atoms with van der Waals surface area (Å²) in [6, 6.07) is 6.36. The van der Waals surface area contributed by atoms with Gasteiger partial charge >= 0.3 is 0 Å². The van der Waals surface area contributed by atoms with E-state index < -0.39 is 0 Å². The van der Waals surface area contributed by atoms with Crippen LogP contribution in [0.1, 0.15) is 20.7 Å². The van der Waals surface area contributed by atoms with Crippen LogP contribution in [-0.2, 0) is 0 Å². The Balaban J connectivity index is 1.95. The number of halogens is 1. The highest BCUT2D eigenvalue weighted by Gasteiger charge is 2.32. The van der Waals surface area contributed by atoms with E-state index in [4.69, 9.17) is 17.3 Å². The number of nitrogens with two attached hydrogens (primary N) is 1. The van der Waals surface area contributed by atoms with Crippen molar-refractivity contribution in [3.05, 3.63) is 40.5 Å². The Hall–Kier alpha value is -2.67. The van der Waals surface area contributed by atoms with Crippen molar-refractivity contribution in [2.24, 2.45) is 0 Å². The number of amides is 2. The first-order chi connectivity index (χ1) is 9.95. The van der Waals surface area contributed by atoms with Gasteiger partial charge in [-0.25, -0.2) is 4.98 Å². The van der Waals surface area contributed by atoms with E-state index >= 15 is 0 Å². The predicted molar refractivity (Wildman–Crippen MR) is 77.6 cm³/mol. The van der Waals surface area contributed by atoms with Crippen LogP contribution in [0.4, 0.5) is 17.5 Å². The molecular weight excluding hydrogens is 294 g/mol. The van der Waals surface area contributed by atoms with Gasteiger partial charge in [0.2, 0.25) is 5.95 Å². The SMILES string of the molecule is CN1C(=O)c2ccc(Nc3cc(Cl)nc(N)n3)cc2C1=O. The van der Waals surface area contributed by atoms with Gasteiger partial charge in [-0.05, 0) is 18.2 Å². The highest BCUT2D eigenvalue weighted by atomic mass is 35.5. The first-order valence-electron chi connectivity index (χ1n) is 5.99. The monoisotopic (exact) mass is 303 g/mol. The van der Waals surface area contributed by atoms with Crippen molar-refractivity contribution < 1.29 is 9.59 Å². The molecule has 1 aromatic heterocycles. The molecule has 21 heavy (non-hydrogen) atoms. The third-order valence-corrected chi connectivity index (χ3v) is 3.27. The van der Waals surface area contributed by atoms with Gasteiger partial charge in [0.15, 0.2) is 0 Å². The number of nitrogens with zero attached hydrogens (tertiary/aromatic N) is 3. The Kier molecular flexibility index (Phi) is 2.99. The third-order valence-electron chi connectivity index (χ3n) is 3.07.